The van der Waals surface area contributed by atoms with E-state index in [1.807, 2.05) is 0 Å². The fourth-order valence-corrected chi connectivity index (χ4v) is 1.78. The van der Waals surface area contributed by atoms with Crippen LogP contribution in [0.15, 0.2) is 23.1 Å². The number of nitrogens with zero attached hydrogens (tertiary/aromatic N) is 1. The summed E-state index contributed by atoms with van der Waals surface area (Å²) in [6.45, 7) is 0. The molecule has 0 aliphatic heterocycles. The summed E-state index contributed by atoms with van der Waals surface area (Å²) < 4.78 is 0. The molecule has 0 bridgehead atoms. The standard InChI is InChI=1S/C8H7NO4S/c1-14-7-5(8(10)11)3-2-4-6(7)9(12)13/h2-4H,1H3,(H,10,11). The predicted molar refractivity (Wildman–Crippen MR) is 51.8 cm³/mol. The minimum absolute atomic E-state index is 0.0355. The van der Waals surface area contributed by atoms with Crippen LogP contribution in [0.2, 0.25) is 0 Å². The average Bonchev–Trinajstić information content (AvgIpc) is 2.16. The van der Waals surface area contributed by atoms with Gasteiger partial charge < -0.3 is 5.11 Å². The Labute approximate surface area is 83.9 Å². The fraction of sp³-hybridized carbons (Fsp3) is 0.125. The van der Waals surface area contributed by atoms with Gasteiger partial charge in [-0.2, -0.15) is 0 Å². The van der Waals surface area contributed by atoms with Crippen LogP contribution in [-0.2, 0) is 0 Å². The summed E-state index contributed by atoms with van der Waals surface area (Å²) in [5.74, 6) is -1.15. The van der Waals surface area contributed by atoms with Gasteiger partial charge in [-0.3, -0.25) is 10.1 Å². The van der Waals surface area contributed by atoms with Gasteiger partial charge in [0.1, 0.15) is 0 Å². The number of rotatable bonds is 3. The molecule has 1 aromatic rings. The zero-order chi connectivity index (χ0) is 10.7. The van der Waals surface area contributed by atoms with E-state index in [9.17, 15) is 14.9 Å². The quantitative estimate of drug-likeness (QED) is 0.472. The lowest BCUT2D eigenvalue weighted by molar-refractivity contribution is -0.387. The first-order chi connectivity index (χ1) is 6.57. The van der Waals surface area contributed by atoms with Gasteiger partial charge in [0.25, 0.3) is 5.69 Å². The van der Waals surface area contributed by atoms with Gasteiger partial charge in [-0.15, -0.1) is 11.8 Å². The van der Waals surface area contributed by atoms with E-state index >= 15 is 0 Å². The molecule has 0 aliphatic rings. The number of nitro groups is 1. The third kappa shape index (κ3) is 1.85. The van der Waals surface area contributed by atoms with Crippen LogP contribution in [0.25, 0.3) is 0 Å². The van der Waals surface area contributed by atoms with Crippen molar-refractivity contribution in [2.45, 2.75) is 4.90 Å². The van der Waals surface area contributed by atoms with Crippen LogP contribution in [0.5, 0.6) is 0 Å². The molecule has 0 unspecified atom stereocenters. The summed E-state index contributed by atoms with van der Waals surface area (Å²) in [4.78, 5) is 20.9. The first kappa shape index (κ1) is 10.5. The molecule has 0 saturated carbocycles. The molecule has 0 radical (unpaired) electrons. The molecule has 6 heteroatoms. The monoisotopic (exact) mass is 213 g/mol. The maximum atomic E-state index is 10.7. The molecule has 0 aliphatic carbocycles. The average molecular weight is 213 g/mol. The number of aromatic carboxylic acids is 1. The summed E-state index contributed by atoms with van der Waals surface area (Å²) in [6, 6.07) is 4.00. The van der Waals surface area contributed by atoms with Crippen molar-refractivity contribution in [1.82, 2.24) is 0 Å². The Balaban J connectivity index is 3.39. The lowest BCUT2D eigenvalue weighted by Crippen LogP contribution is -2.01. The molecule has 14 heavy (non-hydrogen) atoms. The van der Waals surface area contributed by atoms with E-state index in [1.165, 1.54) is 18.2 Å². The fourth-order valence-electron chi connectivity index (χ4n) is 1.05. The van der Waals surface area contributed by atoms with Crippen LogP contribution in [0.3, 0.4) is 0 Å². The molecule has 0 saturated heterocycles. The van der Waals surface area contributed by atoms with E-state index in [0.717, 1.165) is 11.8 Å². The van der Waals surface area contributed by atoms with Crippen molar-refractivity contribution >= 4 is 23.4 Å². The maximum absolute atomic E-state index is 10.7. The highest BCUT2D eigenvalue weighted by molar-refractivity contribution is 7.98. The van der Waals surface area contributed by atoms with Crippen molar-refractivity contribution in [3.8, 4) is 0 Å². The smallest absolute Gasteiger partial charge is 0.337 e. The van der Waals surface area contributed by atoms with Crippen molar-refractivity contribution in [3.63, 3.8) is 0 Å². The lowest BCUT2D eigenvalue weighted by Gasteiger charge is -2.02. The van der Waals surface area contributed by atoms with Gasteiger partial charge in [-0.1, -0.05) is 6.07 Å². The highest BCUT2D eigenvalue weighted by atomic mass is 32.2. The highest BCUT2D eigenvalue weighted by Crippen LogP contribution is 2.30. The zero-order valence-corrected chi connectivity index (χ0v) is 8.08. The van der Waals surface area contributed by atoms with Crippen molar-refractivity contribution in [3.05, 3.63) is 33.9 Å². The molecule has 5 nitrogen and oxygen atoms in total. The Morgan fingerprint density at radius 2 is 2.21 bits per heavy atom. The molecule has 0 atom stereocenters. The van der Waals surface area contributed by atoms with Crippen LogP contribution < -0.4 is 0 Å². The van der Waals surface area contributed by atoms with Crippen LogP contribution in [0, 0.1) is 10.1 Å². The number of hydrogen-bond donors (Lipinski definition) is 1. The second kappa shape index (κ2) is 4.10. The van der Waals surface area contributed by atoms with Gasteiger partial charge in [-0.05, 0) is 12.3 Å². The lowest BCUT2D eigenvalue weighted by atomic mass is 10.2. The first-order valence-electron chi connectivity index (χ1n) is 3.62. The number of thioether (sulfide) groups is 1. The summed E-state index contributed by atoms with van der Waals surface area (Å²) in [5.41, 5.74) is -0.205. The van der Waals surface area contributed by atoms with Crippen molar-refractivity contribution in [2.24, 2.45) is 0 Å². The third-order valence-electron chi connectivity index (χ3n) is 1.63. The molecule has 0 heterocycles. The van der Waals surface area contributed by atoms with E-state index < -0.39 is 10.9 Å². The van der Waals surface area contributed by atoms with Gasteiger partial charge in [-0.25, -0.2) is 4.79 Å². The molecule has 1 rings (SSSR count). The molecular weight excluding hydrogens is 206 g/mol. The van der Waals surface area contributed by atoms with Crippen LogP contribution in [0.4, 0.5) is 5.69 Å². The number of benzene rings is 1. The van der Waals surface area contributed by atoms with E-state index in [0.29, 0.717) is 0 Å². The predicted octanol–water partition coefficient (Wildman–Crippen LogP) is 2.01. The summed E-state index contributed by atoms with van der Waals surface area (Å²) in [5, 5.41) is 19.3. The summed E-state index contributed by atoms with van der Waals surface area (Å²) in [6.07, 6.45) is 1.61. The van der Waals surface area contributed by atoms with Gasteiger partial charge in [0.2, 0.25) is 0 Å². The molecule has 74 valence electrons. The summed E-state index contributed by atoms with van der Waals surface area (Å²) >= 11 is 1.06. The molecule has 1 aromatic carbocycles. The van der Waals surface area contributed by atoms with E-state index in [2.05, 4.69) is 0 Å². The number of hydrogen-bond acceptors (Lipinski definition) is 4. The first-order valence-corrected chi connectivity index (χ1v) is 4.85. The number of carboxylic acids is 1. The van der Waals surface area contributed by atoms with E-state index in [-0.39, 0.29) is 16.1 Å². The largest absolute Gasteiger partial charge is 0.478 e. The Morgan fingerprint density at radius 3 is 2.64 bits per heavy atom. The van der Waals surface area contributed by atoms with Crippen LogP contribution in [-0.4, -0.2) is 22.3 Å². The highest BCUT2D eigenvalue weighted by Gasteiger charge is 2.19. The molecular formula is C8H7NO4S. The second-order valence-electron chi connectivity index (χ2n) is 2.42. The minimum Gasteiger partial charge on any atom is -0.478 e. The Morgan fingerprint density at radius 1 is 1.57 bits per heavy atom. The van der Waals surface area contributed by atoms with Crippen LogP contribution >= 0.6 is 11.8 Å². The van der Waals surface area contributed by atoms with Gasteiger partial charge in [0, 0.05) is 6.07 Å². The number of nitro benzene ring substituents is 1. The molecule has 0 spiro atoms. The SMILES string of the molecule is CSc1c(C(=O)O)cccc1[N+](=O)[O-]. The number of carbonyl (C=O) groups is 1. The van der Waals surface area contributed by atoms with Crippen LogP contribution in [0.1, 0.15) is 10.4 Å². The zero-order valence-electron chi connectivity index (χ0n) is 7.26. The Bertz CT molecular complexity index is 359. The summed E-state index contributed by atoms with van der Waals surface area (Å²) in [7, 11) is 0. The molecule has 0 amide bonds. The Kier molecular flexibility index (Phi) is 3.08. The van der Waals surface area contributed by atoms with Crippen molar-refractivity contribution in [1.29, 1.82) is 0 Å². The molecule has 0 aromatic heterocycles. The van der Waals surface area contributed by atoms with Gasteiger partial charge in [0.15, 0.2) is 0 Å². The molecule has 0 fully saturated rings. The topological polar surface area (TPSA) is 80.4 Å². The number of carboxylic acid groups (broad SMARTS) is 1. The second-order valence-corrected chi connectivity index (χ2v) is 3.24. The van der Waals surface area contributed by atoms with E-state index in [4.69, 9.17) is 5.11 Å². The Hall–Kier alpha value is -1.56. The van der Waals surface area contributed by atoms with Gasteiger partial charge >= 0.3 is 5.97 Å². The maximum Gasteiger partial charge on any atom is 0.337 e. The van der Waals surface area contributed by atoms with Crippen molar-refractivity contribution < 1.29 is 14.8 Å². The molecule has 1 N–H and O–H groups in total. The van der Waals surface area contributed by atoms with Gasteiger partial charge in [0.05, 0.1) is 15.4 Å². The minimum atomic E-state index is -1.15. The van der Waals surface area contributed by atoms with Crippen molar-refractivity contribution in [2.75, 3.05) is 6.26 Å². The van der Waals surface area contributed by atoms with E-state index in [1.54, 1.807) is 6.26 Å². The third-order valence-corrected chi connectivity index (χ3v) is 2.46. The normalized spacial score (nSPS) is 9.79.